The number of hydrogen-bond acceptors (Lipinski definition) is 3. The second-order valence-corrected chi connectivity index (χ2v) is 7.47. The number of benzene rings is 3. The van der Waals surface area contributed by atoms with Gasteiger partial charge in [-0.15, -0.1) is 0 Å². The molecule has 3 nitrogen and oxygen atoms in total. The van der Waals surface area contributed by atoms with Crippen molar-refractivity contribution in [3.8, 4) is 28.0 Å². The molecule has 0 bridgehead atoms. The summed E-state index contributed by atoms with van der Waals surface area (Å²) in [6.07, 6.45) is 0. The van der Waals surface area contributed by atoms with Crippen molar-refractivity contribution in [2.45, 2.75) is 6.54 Å². The number of nitrogens with zero attached hydrogens (tertiary/aromatic N) is 2. The fourth-order valence-corrected chi connectivity index (χ4v) is 3.76. The van der Waals surface area contributed by atoms with Gasteiger partial charge in [0.05, 0.1) is 7.11 Å². The van der Waals surface area contributed by atoms with Gasteiger partial charge >= 0.3 is 0 Å². The lowest BCUT2D eigenvalue weighted by atomic mass is 9.98. The number of likely N-dealkylation sites (N-methyl/N-ethyl adjacent to an activating group) is 1. The minimum absolute atomic E-state index is 0.884. The van der Waals surface area contributed by atoms with E-state index < -0.39 is 0 Å². The van der Waals surface area contributed by atoms with Crippen molar-refractivity contribution in [1.29, 1.82) is 0 Å². The average Bonchev–Trinajstić information content (AvgIpc) is 2.76. The second-order valence-electron chi connectivity index (χ2n) is 7.47. The van der Waals surface area contributed by atoms with Gasteiger partial charge in [0, 0.05) is 38.3 Å². The van der Waals surface area contributed by atoms with Crippen molar-refractivity contribution >= 4 is 0 Å². The molecule has 0 N–H and O–H groups in total. The molecule has 3 heteroatoms. The van der Waals surface area contributed by atoms with Gasteiger partial charge in [0.15, 0.2) is 0 Å². The molecule has 0 aliphatic carbocycles. The molecule has 1 saturated heterocycles. The molecule has 0 aromatic heterocycles. The standard InChI is InChI=1S/C25H27N2O/c1-26-13-15-27(16-14-26)19-20-7-6-10-23(17-20)24-12-11-22(18-25(24)28-2)21-8-4-3-5-9-21/h3-9,11-12,17-18H,13-16,19H2,1-2H3. The molecule has 1 aliphatic rings. The van der Waals surface area contributed by atoms with Crippen molar-refractivity contribution in [2.24, 2.45) is 0 Å². The van der Waals surface area contributed by atoms with Crippen LogP contribution in [0.5, 0.6) is 5.75 Å². The molecule has 1 heterocycles. The molecule has 0 unspecified atom stereocenters. The fraction of sp³-hybridized carbons (Fsp3) is 0.280. The number of piperazine rings is 1. The van der Waals surface area contributed by atoms with Crippen molar-refractivity contribution in [1.82, 2.24) is 9.80 Å². The van der Waals surface area contributed by atoms with Crippen molar-refractivity contribution in [3.05, 3.63) is 78.4 Å². The predicted molar refractivity (Wildman–Crippen MR) is 115 cm³/mol. The fourth-order valence-electron chi connectivity index (χ4n) is 3.76. The number of hydrogen-bond donors (Lipinski definition) is 0. The average molecular weight is 372 g/mol. The number of methoxy groups -OCH3 is 1. The lowest BCUT2D eigenvalue weighted by molar-refractivity contribution is 0.148. The minimum Gasteiger partial charge on any atom is -0.496 e. The number of rotatable bonds is 5. The molecular formula is C25H27N2O. The maximum Gasteiger partial charge on any atom is 0.127 e. The van der Waals surface area contributed by atoms with E-state index in [1.807, 2.05) is 12.1 Å². The Bertz CT molecular complexity index is 915. The van der Waals surface area contributed by atoms with E-state index in [0.29, 0.717) is 0 Å². The second kappa shape index (κ2) is 8.59. The summed E-state index contributed by atoms with van der Waals surface area (Å²) < 4.78 is 5.73. The van der Waals surface area contributed by atoms with E-state index in [2.05, 4.69) is 77.5 Å². The summed E-state index contributed by atoms with van der Waals surface area (Å²) in [6, 6.07) is 26.7. The zero-order valence-electron chi connectivity index (χ0n) is 16.7. The summed E-state index contributed by atoms with van der Waals surface area (Å²) in [7, 11) is 3.93. The van der Waals surface area contributed by atoms with Gasteiger partial charge in [-0.25, -0.2) is 0 Å². The van der Waals surface area contributed by atoms with Gasteiger partial charge in [-0.2, -0.15) is 0 Å². The normalized spacial score (nSPS) is 15.5. The van der Waals surface area contributed by atoms with E-state index in [-0.39, 0.29) is 0 Å². The highest BCUT2D eigenvalue weighted by atomic mass is 16.5. The molecule has 0 amide bonds. The first-order valence-electron chi connectivity index (χ1n) is 9.88. The smallest absolute Gasteiger partial charge is 0.127 e. The monoisotopic (exact) mass is 371 g/mol. The third-order valence-electron chi connectivity index (χ3n) is 5.47. The number of ether oxygens (including phenoxy) is 1. The molecule has 0 spiro atoms. The Morgan fingerprint density at radius 1 is 0.893 bits per heavy atom. The van der Waals surface area contributed by atoms with Crippen LogP contribution < -0.4 is 4.74 Å². The predicted octanol–water partition coefficient (Wildman–Crippen LogP) is 4.58. The molecule has 143 valence electrons. The minimum atomic E-state index is 0.884. The van der Waals surface area contributed by atoms with Crippen LogP contribution in [0.4, 0.5) is 0 Å². The summed E-state index contributed by atoms with van der Waals surface area (Å²) in [6.45, 7) is 5.51. The van der Waals surface area contributed by atoms with Crippen LogP contribution in [0.15, 0.2) is 66.7 Å². The molecular weight excluding hydrogens is 344 g/mol. The maximum atomic E-state index is 5.73. The van der Waals surface area contributed by atoms with E-state index in [4.69, 9.17) is 4.74 Å². The zero-order chi connectivity index (χ0) is 19.3. The zero-order valence-corrected chi connectivity index (χ0v) is 16.7. The van der Waals surface area contributed by atoms with Gasteiger partial charge in [-0.3, -0.25) is 4.90 Å². The van der Waals surface area contributed by atoms with Crippen LogP contribution in [-0.4, -0.2) is 50.1 Å². The Balaban J connectivity index is 1.58. The van der Waals surface area contributed by atoms with E-state index >= 15 is 0 Å². The maximum absolute atomic E-state index is 5.73. The third kappa shape index (κ3) is 4.27. The summed E-state index contributed by atoms with van der Waals surface area (Å²) in [5.41, 5.74) is 5.85. The third-order valence-corrected chi connectivity index (χ3v) is 5.47. The molecule has 0 atom stereocenters. The van der Waals surface area contributed by atoms with Crippen molar-refractivity contribution in [2.75, 3.05) is 40.3 Å². The van der Waals surface area contributed by atoms with Gasteiger partial charge in [0.25, 0.3) is 0 Å². The van der Waals surface area contributed by atoms with Crippen molar-refractivity contribution in [3.63, 3.8) is 0 Å². The van der Waals surface area contributed by atoms with Gasteiger partial charge in [-0.1, -0.05) is 54.6 Å². The van der Waals surface area contributed by atoms with E-state index in [9.17, 15) is 0 Å². The topological polar surface area (TPSA) is 15.7 Å². The summed E-state index contributed by atoms with van der Waals surface area (Å²) in [5, 5.41) is 0. The molecule has 1 aliphatic heterocycles. The van der Waals surface area contributed by atoms with Gasteiger partial charge in [0.1, 0.15) is 5.75 Å². The Hall–Kier alpha value is -2.62. The SMILES string of the molecule is COc1cc(-c2ccccc2)ccc1-c1[c]ccc(CN2CCN(C)CC2)c1. The van der Waals surface area contributed by atoms with Crippen LogP contribution in [-0.2, 0) is 6.54 Å². The molecule has 3 aromatic rings. The lowest BCUT2D eigenvalue weighted by Crippen LogP contribution is -2.43. The van der Waals surface area contributed by atoms with Gasteiger partial charge in [0.2, 0.25) is 0 Å². The molecule has 0 saturated carbocycles. The Morgan fingerprint density at radius 3 is 2.43 bits per heavy atom. The van der Waals surface area contributed by atoms with E-state index in [1.165, 1.54) is 11.1 Å². The van der Waals surface area contributed by atoms with E-state index in [1.54, 1.807) is 7.11 Å². The van der Waals surface area contributed by atoms with E-state index in [0.717, 1.165) is 55.2 Å². The summed E-state index contributed by atoms with van der Waals surface area (Å²) in [4.78, 5) is 4.91. The molecule has 1 fully saturated rings. The summed E-state index contributed by atoms with van der Waals surface area (Å²) in [5.74, 6) is 0.884. The Labute approximate surface area is 168 Å². The highest BCUT2D eigenvalue weighted by molar-refractivity contribution is 5.76. The molecule has 4 rings (SSSR count). The largest absolute Gasteiger partial charge is 0.496 e. The van der Waals surface area contributed by atoms with Crippen LogP contribution >= 0.6 is 0 Å². The Morgan fingerprint density at radius 2 is 1.68 bits per heavy atom. The van der Waals surface area contributed by atoms with Gasteiger partial charge in [-0.05, 0) is 47.5 Å². The molecule has 1 radical (unpaired) electrons. The summed E-state index contributed by atoms with van der Waals surface area (Å²) >= 11 is 0. The quantitative estimate of drug-likeness (QED) is 0.653. The van der Waals surface area contributed by atoms with Crippen LogP contribution in [0.1, 0.15) is 5.56 Å². The van der Waals surface area contributed by atoms with Gasteiger partial charge < -0.3 is 9.64 Å². The van der Waals surface area contributed by atoms with Crippen LogP contribution in [0.2, 0.25) is 0 Å². The van der Waals surface area contributed by atoms with Crippen molar-refractivity contribution < 1.29 is 4.74 Å². The molecule has 28 heavy (non-hydrogen) atoms. The first-order chi connectivity index (χ1) is 13.7. The first-order valence-corrected chi connectivity index (χ1v) is 9.88. The Kier molecular flexibility index (Phi) is 5.75. The van der Waals surface area contributed by atoms with Crippen LogP contribution in [0, 0.1) is 6.07 Å². The highest BCUT2D eigenvalue weighted by Crippen LogP contribution is 2.34. The first kappa shape index (κ1) is 18.7. The lowest BCUT2D eigenvalue weighted by Gasteiger charge is -2.32. The molecule has 3 aromatic carbocycles. The van der Waals surface area contributed by atoms with Crippen LogP contribution in [0.3, 0.4) is 0 Å². The van der Waals surface area contributed by atoms with Crippen LogP contribution in [0.25, 0.3) is 22.3 Å². The highest BCUT2D eigenvalue weighted by Gasteiger charge is 2.15.